The Bertz CT molecular complexity index is 1210. The second kappa shape index (κ2) is 15.6. The summed E-state index contributed by atoms with van der Waals surface area (Å²) in [6.07, 6.45) is 1.80. The molecule has 0 saturated carbocycles. The molecule has 4 amide bonds. The molecule has 0 radical (unpaired) electrons. The molecule has 1 aromatic rings. The van der Waals surface area contributed by atoms with Crippen LogP contribution in [-0.4, -0.2) is 117 Å². The molecule has 4 rings (SSSR count). The average molecular weight is 617 g/mol. The molecule has 2 saturated heterocycles. The first-order valence-electron chi connectivity index (χ1n) is 15.3. The zero-order valence-electron chi connectivity index (χ0n) is 25.9. The Morgan fingerprint density at radius 2 is 1.57 bits per heavy atom. The van der Waals surface area contributed by atoms with Crippen molar-refractivity contribution in [1.82, 2.24) is 15.1 Å². The molecule has 0 aliphatic carbocycles. The van der Waals surface area contributed by atoms with Gasteiger partial charge in [-0.15, -0.1) is 0 Å². The van der Waals surface area contributed by atoms with Crippen molar-refractivity contribution in [2.45, 2.75) is 58.1 Å². The Kier molecular flexibility index (Phi) is 11.8. The number of carbonyl (C=O) groups is 5. The minimum absolute atomic E-state index is 0.0236. The molecule has 13 nitrogen and oxygen atoms in total. The van der Waals surface area contributed by atoms with Crippen molar-refractivity contribution < 1.29 is 42.9 Å². The highest BCUT2D eigenvalue weighted by Gasteiger charge is 2.45. The molecule has 13 heteroatoms. The van der Waals surface area contributed by atoms with Gasteiger partial charge in [-0.2, -0.15) is 0 Å². The third-order valence-electron chi connectivity index (χ3n) is 7.65. The molecule has 44 heavy (non-hydrogen) atoms. The van der Waals surface area contributed by atoms with Crippen LogP contribution in [0.2, 0.25) is 0 Å². The number of imide groups is 2. The van der Waals surface area contributed by atoms with Crippen LogP contribution in [0.3, 0.4) is 0 Å². The number of amides is 4. The number of fused-ring (bicyclic) bond motifs is 1. The van der Waals surface area contributed by atoms with Crippen LogP contribution >= 0.6 is 0 Å². The SMILES string of the molecule is CC(C)(C)OC(=O)C1CCN(CCOCCOCCOCCNc2cccc3c2C(=O)N(C2CCC(=O)NC2=O)C3=O)CC1. The normalized spacial score (nSPS) is 19.7. The predicted molar refractivity (Wildman–Crippen MR) is 159 cm³/mol. The number of nitrogens with zero attached hydrogens (tertiary/aromatic N) is 2. The number of nitrogens with one attached hydrogen (secondary N) is 2. The first-order chi connectivity index (χ1) is 21.0. The van der Waals surface area contributed by atoms with Gasteiger partial charge in [0, 0.05) is 25.2 Å². The zero-order valence-corrected chi connectivity index (χ0v) is 25.9. The van der Waals surface area contributed by atoms with E-state index in [1.165, 1.54) is 0 Å². The number of anilines is 1. The summed E-state index contributed by atoms with van der Waals surface area (Å²) in [6, 6.07) is 3.93. The first kappa shape index (κ1) is 33.5. The molecule has 2 fully saturated rings. The van der Waals surface area contributed by atoms with E-state index in [-0.39, 0.29) is 35.9 Å². The molecule has 0 aromatic heterocycles. The molecule has 3 aliphatic rings. The van der Waals surface area contributed by atoms with Gasteiger partial charge >= 0.3 is 5.97 Å². The van der Waals surface area contributed by atoms with Crippen LogP contribution in [0.25, 0.3) is 0 Å². The summed E-state index contributed by atoms with van der Waals surface area (Å²) in [5, 5.41) is 5.34. The number of hydrogen-bond donors (Lipinski definition) is 2. The molecular formula is C31H44N4O9. The second-order valence-electron chi connectivity index (χ2n) is 12.1. The molecule has 3 heterocycles. The number of esters is 1. The van der Waals surface area contributed by atoms with E-state index in [9.17, 15) is 24.0 Å². The van der Waals surface area contributed by atoms with Gasteiger partial charge in [0.15, 0.2) is 0 Å². The topological polar surface area (TPSA) is 153 Å². The van der Waals surface area contributed by atoms with Crippen LogP contribution in [-0.2, 0) is 33.3 Å². The summed E-state index contributed by atoms with van der Waals surface area (Å²) in [4.78, 5) is 65.3. The Labute approximate surface area is 257 Å². The van der Waals surface area contributed by atoms with Gasteiger partial charge in [-0.25, -0.2) is 0 Å². The highest BCUT2D eigenvalue weighted by molar-refractivity contribution is 6.25. The van der Waals surface area contributed by atoms with Crippen molar-refractivity contribution in [1.29, 1.82) is 0 Å². The molecule has 1 unspecified atom stereocenters. The number of piperidine rings is 2. The van der Waals surface area contributed by atoms with E-state index in [1.807, 2.05) is 20.8 Å². The number of carbonyl (C=O) groups excluding carboxylic acids is 5. The maximum Gasteiger partial charge on any atom is 0.309 e. The molecule has 0 bridgehead atoms. The van der Waals surface area contributed by atoms with Crippen LogP contribution in [0.15, 0.2) is 18.2 Å². The van der Waals surface area contributed by atoms with Crippen LogP contribution in [0.5, 0.6) is 0 Å². The predicted octanol–water partition coefficient (Wildman–Crippen LogP) is 1.60. The largest absolute Gasteiger partial charge is 0.460 e. The Morgan fingerprint density at radius 3 is 2.23 bits per heavy atom. The third kappa shape index (κ3) is 9.07. The lowest BCUT2D eigenvalue weighted by Gasteiger charge is -2.32. The summed E-state index contributed by atoms with van der Waals surface area (Å²) in [7, 11) is 0. The van der Waals surface area contributed by atoms with Gasteiger partial charge in [0.05, 0.1) is 56.7 Å². The Morgan fingerprint density at radius 1 is 0.909 bits per heavy atom. The monoisotopic (exact) mass is 616 g/mol. The lowest BCUT2D eigenvalue weighted by atomic mass is 9.96. The minimum Gasteiger partial charge on any atom is -0.460 e. The summed E-state index contributed by atoms with van der Waals surface area (Å²) >= 11 is 0. The van der Waals surface area contributed by atoms with Gasteiger partial charge in [0.1, 0.15) is 11.6 Å². The number of rotatable bonds is 15. The van der Waals surface area contributed by atoms with Gasteiger partial charge in [-0.3, -0.25) is 34.2 Å². The van der Waals surface area contributed by atoms with E-state index in [0.29, 0.717) is 51.9 Å². The van der Waals surface area contributed by atoms with Crippen molar-refractivity contribution in [3.05, 3.63) is 29.3 Å². The van der Waals surface area contributed by atoms with Gasteiger partial charge in [-0.1, -0.05) is 6.07 Å². The third-order valence-corrected chi connectivity index (χ3v) is 7.65. The van der Waals surface area contributed by atoms with E-state index in [1.54, 1.807) is 18.2 Å². The summed E-state index contributed by atoms with van der Waals surface area (Å²) < 4.78 is 22.4. The van der Waals surface area contributed by atoms with Crippen molar-refractivity contribution in [2.75, 3.05) is 71.1 Å². The van der Waals surface area contributed by atoms with Crippen molar-refractivity contribution in [3.8, 4) is 0 Å². The quantitative estimate of drug-likeness (QED) is 0.168. The number of hydrogen-bond acceptors (Lipinski definition) is 11. The number of benzene rings is 1. The highest BCUT2D eigenvalue weighted by Crippen LogP contribution is 2.32. The zero-order chi connectivity index (χ0) is 31.7. The van der Waals surface area contributed by atoms with Crippen LogP contribution in [0.4, 0.5) is 5.69 Å². The van der Waals surface area contributed by atoms with E-state index in [2.05, 4.69) is 15.5 Å². The Balaban J connectivity index is 1.03. The van der Waals surface area contributed by atoms with Crippen molar-refractivity contribution >= 4 is 35.3 Å². The van der Waals surface area contributed by atoms with Gasteiger partial charge in [0.2, 0.25) is 11.8 Å². The molecular weight excluding hydrogens is 572 g/mol. The summed E-state index contributed by atoms with van der Waals surface area (Å²) in [5.74, 6) is -2.27. The maximum absolute atomic E-state index is 13.1. The van der Waals surface area contributed by atoms with E-state index in [0.717, 1.165) is 37.4 Å². The molecule has 242 valence electrons. The van der Waals surface area contributed by atoms with Gasteiger partial charge in [-0.05, 0) is 65.3 Å². The molecule has 1 atom stereocenters. The number of likely N-dealkylation sites (tertiary alicyclic amines) is 1. The van der Waals surface area contributed by atoms with Crippen LogP contribution in [0.1, 0.15) is 67.2 Å². The summed E-state index contributed by atoms with van der Waals surface area (Å²) in [6.45, 7) is 11.3. The lowest BCUT2D eigenvalue weighted by Crippen LogP contribution is -2.54. The van der Waals surface area contributed by atoms with Crippen molar-refractivity contribution in [3.63, 3.8) is 0 Å². The molecule has 3 aliphatic heterocycles. The van der Waals surface area contributed by atoms with Gasteiger partial charge < -0.3 is 29.2 Å². The smallest absolute Gasteiger partial charge is 0.309 e. The van der Waals surface area contributed by atoms with E-state index >= 15 is 0 Å². The lowest BCUT2D eigenvalue weighted by molar-refractivity contribution is -0.161. The van der Waals surface area contributed by atoms with Gasteiger partial charge in [0.25, 0.3) is 11.8 Å². The summed E-state index contributed by atoms with van der Waals surface area (Å²) in [5.41, 5.74) is 0.481. The fraction of sp³-hybridized carbons (Fsp3) is 0.645. The fourth-order valence-electron chi connectivity index (χ4n) is 5.43. The maximum atomic E-state index is 13.1. The number of ether oxygens (including phenoxy) is 4. The highest BCUT2D eigenvalue weighted by atomic mass is 16.6. The Hall–Kier alpha value is -3.39. The minimum atomic E-state index is -1.00. The van der Waals surface area contributed by atoms with E-state index < -0.39 is 35.3 Å². The van der Waals surface area contributed by atoms with Crippen LogP contribution < -0.4 is 10.6 Å². The molecule has 2 N–H and O–H groups in total. The van der Waals surface area contributed by atoms with Crippen molar-refractivity contribution in [2.24, 2.45) is 5.92 Å². The second-order valence-corrected chi connectivity index (χ2v) is 12.1. The standard InChI is InChI=1S/C31H44N4O9/c1-31(2,3)44-30(40)21-9-12-34(13-10-21)14-16-42-18-20-43-19-17-41-15-11-32-23-6-4-5-22-26(23)29(39)35(28(22)38)24-7-8-25(36)33-27(24)37/h4-6,21,24,32H,7-20H2,1-3H3,(H,33,36,37). The van der Waals surface area contributed by atoms with E-state index in [4.69, 9.17) is 18.9 Å². The van der Waals surface area contributed by atoms with Crippen LogP contribution in [0, 0.1) is 5.92 Å². The average Bonchev–Trinajstić information content (AvgIpc) is 3.23. The first-order valence-corrected chi connectivity index (χ1v) is 15.3. The fourth-order valence-corrected chi connectivity index (χ4v) is 5.43. The molecule has 0 spiro atoms. The molecule has 1 aromatic carbocycles.